The highest BCUT2D eigenvalue weighted by Crippen LogP contribution is 2.49. The van der Waals surface area contributed by atoms with Crippen LogP contribution in [-0.2, 0) is 0 Å². The van der Waals surface area contributed by atoms with Crippen LogP contribution in [0.3, 0.4) is 0 Å². The molecule has 0 aliphatic heterocycles. The van der Waals surface area contributed by atoms with Crippen molar-refractivity contribution in [1.82, 2.24) is 0 Å². The molecule has 0 aromatic rings. The molecule has 0 amide bonds. The van der Waals surface area contributed by atoms with Crippen LogP contribution in [0.25, 0.3) is 0 Å². The van der Waals surface area contributed by atoms with Crippen molar-refractivity contribution < 1.29 is 0 Å². The number of rotatable bonds is 5. The Morgan fingerprint density at radius 2 is 1.75 bits per heavy atom. The maximum Gasteiger partial charge on any atom is -0.0334 e. The van der Waals surface area contributed by atoms with Gasteiger partial charge in [-0.25, -0.2) is 0 Å². The van der Waals surface area contributed by atoms with E-state index in [1.807, 2.05) is 0 Å². The maximum absolute atomic E-state index is 2.52. The third-order valence-corrected chi connectivity index (χ3v) is 5.17. The van der Waals surface area contributed by atoms with E-state index in [-0.39, 0.29) is 0 Å². The van der Waals surface area contributed by atoms with Crippen molar-refractivity contribution in [2.75, 3.05) is 0 Å². The van der Waals surface area contributed by atoms with Gasteiger partial charge >= 0.3 is 0 Å². The van der Waals surface area contributed by atoms with Crippen LogP contribution >= 0.6 is 0 Å². The van der Waals surface area contributed by atoms with E-state index in [1.165, 1.54) is 25.7 Å². The Morgan fingerprint density at radius 3 is 2.12 bits per heavy atom. The SMILES string of the molecule is CCCC(C)C1CC(CC)C(C(C)C)C1C. The van der Waals surface area contributed by atoms with Crippen molar-refractivity contribution in [3.05, 3.63) is 0 Å². The molecule has 0 spiro atoms. The van der Waals surface area contributed by atoms with Gasteiger partial charge in [0.2, 0.25) is 0 Å². The molecule has 16 heavy (non-hydrogen) atoms. The van der Waals surface area contributed by atoms with Crippen LogP contribution in [0.1, 0.15) is 67.2 Å². The van der Waals surface area contributed by atoms with Crippen LogP contribution in [0.4, 0.5) is 0 Å². The van der Waals surface area contributed by atoms with Crippen LogP contribution in [0.5, 0.6) is 0 Å². The summed E-state index contributed by atoms with van der Waals surface area (Å²) in [5, 5.41) is 0. The molecule has 0 heterocycles. The van der Waals surface area contributed by atoms with E-state index in [1.54, 1.807) is 0 Å². The summed E-state index contributed by atoms with van der Waals surface area (Å²) >= 11 is 0. The highest BCUT2D eigenvalue weighted by molar-refractivity contribution is 4.91. The molecule has 0 aromatic carbocycles. The lowest BCUT2D eigenvalue weighted by Gasteiger charge is -2.29. The molecule has 1 fully saturated rings. The minimum absolute atomic E-state index is 0.874. The van der Waals surface area contributed by atoms with Crippen molar-refractivity contribution in [2.24, 2.45) is 35.5 Å². The van der Waals surface area contributed by atoms with E-state index in [0.29, 0.717) is 0 Å². The second kappa shape index (κ2) is 6.07. The predicted molar refractivity (Wildman–Crippen MR) is 73.5 cm³/mol. The molecular formula is C16H32. The minimum atomic E-state index is 0.874. The Kier molecular flexibility index (Phi) is 5.34. The Morgan fingerprint density at radius 1 is 1.12 bits per heavy atom. The van der Waals surface area contributed by atoms with Crippen molar-refractivity contribution in [3.8, 4) is 0 Å². The first-order valence-electron chi connectivity index (χ1n) is 7.52. The molecule has 0 radical (unpaired) electrons. The van der Waals surface area contributed by atoms with Gasteiger partial charge in [-0.15, -0.1) is 0 Å². The normalized spacial score (nSPS) is 36.9. The summed E-state index contributed by atoms with van der Waals surface area (Å²) in [5.41, 5.74) is 0. The Hall–Kier alpha value is 0. The van der Waals surface area contributed by atoms with Crippen LogP contribution in [0.2, 0.25) is 0 Å². The molecule has 0 aromatic heterocycles. The van der Waals surface area contributed by atoms with E-state index in [2.05, 4.69) is 41.5 Å². The maximum atomic E-state index is 2.52. The molecule has 1 aliphatic rings. The van der Waals surface area contributed by atoms with Crippen molar-refractivity contribution in [1.29, 1.82) is 0 Å². The first kappa shape index (κ1) is 14.1. The molecule has 5 unspecified atom stereocenters. The zero-order chi connectivity index (χ0) is 12.3. The van der Waals surface area contributed by atoms with Gasteiger partial charge in [-0.05, 0) is 41.9 Å². The molecule has 0 heteroatoms. The van der Waals surface area contributed by atoms with Gasteiger partial charge in [0.05, 0.1) is 0 Å². The van der Waals surface area contributed by atoms with Gasteiger partial charge in [0, 0.05) is 0 Å². The fraction of sp³-hybridized carbons (Fsp3) is 1.00. The molecule has 96 valence electrons. The van der Waals surface area contributed by atoms with Crippen LogP contribution < -0.4 is 0 Å². The Bertz CT molecular complexity index is 194. The lowest BCUT2D eigenvalue weighted by molar-refractivity contribution is 0.200. The first-order valence-corrected chi connectivity index (χ1v) is 7.52. The molecule has 1 saturated carbocycles. The third-order valence-electron chi connectivity index (χ3n) is 5.17. The average molecular weight is 224 g/mol. The van der Waals surface area contributed by atoms with E-state index in [4.69, 9.17) is 0 Å². The summed E-state index contributed by atoms with van der Waals surface area (Å²) < 4.78 is 0. The largest absolute Gasteiger partial charge is 0.0654 e. The summed E-state index contributed by atoms with van der Waals surface area (Å²) in [6.45, 7) is 14.6. The van der Waals surface area contributed by atoms with E-state index >= 15 is 0 Å². The highest BCUT2D eigenvalue weighted by atomic mass is 14.5. The summed E-state index contributed by atoms with van der Waals surface area (Å²) in [5.74, 6) is 5.74. The molecule has 0 nitrogen and oxygen atoms in total. The number of hydrogen-bond donors (Lipinski definition) is 0. The van der Waals surface area contributed by atoms with Crippen LogP contribution in [0.15, 0.2) is 0 Å². The summed E-state index contributed by atoms with van der Waals surface area (Å²) in [4.78, 5) is 0. The average Bonchev–Trinajstić information content (AvgIpc) is 2.55. The van der Waals surface area contributed by atoms with Gasteiger partial charge in [0.25, 0.3) is 0 Å². The standard InChI is InChI=1S/C16H32/c1-7-9-12(5)15-10-14(8-2)16(11(3)4)13(15)6/h11-16H,7-10H2,1-6H3. The quantitative estimate of drug-likeness (QED) is 0.588. The smallest absolute Gasteiger partial charge is 0.0334 e. The predicted octanol–water partition coefficient (Wildman–Crippen LogP) is 5.38. The van der Waals surface area contributed by atoms with Gasteiger partial charge in [0.1, 0.15) is 0 Å². The summed E-state index contributed by atoms with van der Waals surface area (Å²) in [7, 11) is 0. The summed E-state index contributed by atoms with van der Waals surface area (Å²) in [6, 6.07) is 0. The minimum Gasteiger partial charge on any atom is -0.0654 e. The first-order chi connectivity index (χ1) is 7.52. The van der Waals surface area contributed by atoms with Gasteiger partial charge in [0.15, 0.2) is 0 Å². The van der Waals surface area contributed by atoms with Crippen LogP contribution in [0, 0.1) is 35.5 Å². The van der Waals surface area contributed by atoms with Gasteiger partial charge in [-0.3, -0.25) is 0 Å². The molecule has 5 atom stereocenters. The zero-order valence-electron chi connectivity index (χ0n) is 12.3. The monoisotopic (exact) mass is 224 g/mol. The molecular weight excluding hydrogens is 192 g/mol. The van der Waals surface area contributed by atoms with Crippen molar-refractivity contribution >= 4 is 0 Å². The lowest BCUT2D eigenvalue weighted by Crippen LogP contribution is -2.22. The fourth-order valence-electron chi connectivity index (χ4n) is 4.45. The molecule has 1 aliphatic carbocycles. The molecule has 1 rings (SSSR count). The second-order valence-electron chi connectivity index (χ2n) is 6.51. The summed E-state index contributed by atoms with van der Waals surface area (Å²) in [6.07, 6.45) is 5.67. The van der Waals surface area contributed by atoms with Crippen molar-refractivity contribution in [3.63, 3.8) is 0 Å². The van der Waals surface area contributed by atoms with Gasteiger partial charge in [-0.1, -0.05) is 60.8 Å². The Labute approximate surface area is 103 Å². The highest BCUT2D eigenvalue weighted by Gasteiger charge is 2.42. The third kappa shape index (κ3) is 2.81. The fourth-order valence-corrected chi connectivity index (χ4v) is 4.45. The molecule has 0 N–H and O–H groups in total. The van der Waals surface area contributed by atoms with Gasteiger partial charge in [-0.2, -0.15) is 0 Å². The zero-order valence-corrected chi connectivity index (χ0v) is 12.3. The Balaban J connectivity index is 2.70. The second-order valence-corrected chi connectivity index (χ2v) is 6.51. The van der Waals surface area contributed by atoms with E-state index in [0.717, 1.165) is 35.5 Å². The van der Waals surface area contributed by atoms with Crippen molar-refractivity contribution in [2.45, 2.75) is 67.2 Å². The van der Waals surface area contributed by atoms with Gasteiger partial charge < -0.3 is 0 Å². The van der Waals surface area contributed by atoms with E-state index < -0.39 is 0 Å². The molecule has 0 bridgehead atoms. The lowest BCUT2D eigenvalue weighted by atomic mass is 9.77. The number of hydrogen-bond acceptors (Lipinski definition) is 0. The van der Waals surface area contributed by atoms with Crippen LogP contribution in [-0.4, -0.2) is 0 Å². The molecule has 0 saturated heterocycles. The topological polar surface area (TPSA) is 0 Å². The van der Waals surface area contributed by atoms with E-state index in [9.17, 15) is 0 Å².